The minimum Gasteiger partial charge on any atom is -0.680 e. The SMILES string of the molecule is C[NH-].C[NH-].O=C(O)C(=O)O.[Pt+2]. The second-order valence-corrected chi connectivity index (χ2v) is 0.610. The molecule has 0 saturated heterocycles. The molecule has 6 nitrogen and oxygen atoms in total. The Bertz CT molecular complexity index is 86.1. The number of carboxylic acids is 2. The molecular weight excluding hydrogens is 335 g/mol. The van der Waals surface area contributed by atoms with Crippen molar-refractivity contribution >= 4 is 11.9 Å². The zero-order valence-electron chi connectivity index (χ0n) is 6.03. The molecule has 70 valence electrons. The molecule has 7 heteroatoms. The van der Waals surface area contributed by atoms with Crippen molar-refractivity contribution in [3.05, 3.63) is 11.5 Å². The molecule has 4 N–H and O–H groups in total. The van der Waals surface area contributed by atoms with E-state index in [0.717, 1.165) is 0 Å². The largest absolute Gasteiger partial charge is 2.00 e. The van der Waals surface area contributed by atoms with Gasteiger partial charge >= 0.3 is 33.0 Å². The summed E-state index contributed by atoms with van der Waals surface area (Å²) in [4.78, 5) is 18.2. The predicted octanol–water partition coefficient (Wildman–Crippen LogP) is 0.490. The van der Waals surface area contributed by atoms with Crippen molar-refractivity contribution < 1.29 is 40.9 Å². The van der Waals surface area contributed by atoms with Crippen molar-refractivity contribution in [1.82, 2.24) is 0 Å². The quantitative estimate of drug-likeness (QED) is 0.620. The fourth-order valence-corrected chi connectivity index (χ4v) is 0. The molecule has 0 amide bonds. The molecule has 0 aliphatic carbocycles. The molecule has 0 bridgehead atoms. The van der Waals surface area contributed by atoms with Gasteiger partial charge in [0.2, 0.25) is 0 Å². The zero-order valence-corrected chi connectivity index (χ0v) is 8.30. The van der Waals surface area contributed by atoms with E-state index in [1.54, 1.807) is 0 Å². The summed E-state index contributed by atoms with van der Waals surface area (Å²) in [5.41, 5.74) is 11.5. The summed E-state index contributed by atoms with van der Waals surface area (Å²) < 4.78 is 0. The van der Waals surface area contributed by atoms with Crippen LogP contribution in [-0.2, 0) is 30.7 Å². The van der Waals surface area contributed by atoms with Gasteiger partial charge in [-0.25, -0.2) is 9.59 Å². The first-order valence-electron chi connectivity index (χ1n) is 2.11. The van der Waals surface area contributed by atoms with Crippen molar-refractivity contribution in [2.24, 2.45) is 0 Å². The topological polar surface area (TPSA) is 122 Å². The molecule has 0 heterocycles. The van der Waals surface area contributed by atoms with Gasteiger partial charge in [0, 0.05) is 0 Å². The molecule has 0 radical (unpaired) electrons. The summed E-state index contributed by atoms with van der Waals surface area (Å²) >= 11 is 0. The molecule has 0 aliphatic rings. The second-order valence-electron chi connectivity index (χ2n) is 0.610. The number of hydrogen-bond acceptors (Lipinski definition) is 2. The van der Waals surface area contributed by atoms with Crippen LogP contribution in [0, 0.1) is 0 Å². The third-order valence-corrected chi connectivity index (χ3v) is 0.183. The Morgan fingerprint density at radius 2 is 1.00 bits per heavy atom. The normalized spacial score (nSPS) is 5.09. The van der Waals surface area contributed by atoms with Gasteiger partial charge in [0.25, 0.3) is 0 Å². The number of hydrogen-bond donors (Lipinski definition) is 2. The molecule has 0 aromatic carbocycles. The van der Waals surface area contributed by atoms with Crippen LogP contribution in [0.5, 0.6) is 0 Å². The van der Waals surface area contributed by atoms with Gasteiger partial charge in [0.15, 0.2) is 0 Å². The predicted molar refractivity (Wildman–Crippen MR) is 35.8 cm³/mol. The summed E-state index contributed by atoms with van der Waals surface area (Å²) in [5, 5.41) is 14.8. The minimum absolute atomic E-state index is 0. The van der Waals surface area contributed by atoms with Crippen LogP contribution in [0.2, 0.25) is 0 Å². The zero-order chi connectivity index (χ0) is 9.15. The van der Waals surface area contributed by atoms with Gasteiger partial charge in [-0.15, -0.1) is 0 Å². The summed E-state index contributed by atoms with van der Waals surface area (Å²) in [5.74, 6) is -3.65. The molecular formula is C4H10N2O4Pt. The van der Waals surface area contributed by atoms with Gasteiger partial charge in [-0.3, -0.25) is 0 Å². The molecule has 0 aromatic heterocycles. The smallest absolute Gasteiger partial charge is 0.680 e. The van der Waals surface area contributed by atoms with Crippen molar-refractivity contribution in [3.8, 4) is 0 Å². The third-order valence-electron chi connectivity index (χ3n) is 0.183. The molecule has 0 aromatic rings. The number of rotatable bonds is 0. The first-order valence-corrected chi connectivity index (χ1v) is 2.11. The van der Waals surface area contributed by atoms with E-state index in [0.29, 0.717) is 0 Å². The van der Waals surface area contributed by atoms with Crippen LogP contribution >= 0.6 is 0 Å². The number of aliphatic carboxylic acids is 2. The van der Waals surface area contributed by atoms with Crippen molar-refractivity contribution in [3.63, 3.8) is 0 Å². The average Bonchev–Trinajstić information content (AvgIpc) is 1.96. The Morgan fingerprint density at radius 1 is 0.909 bits per heavy atom. The van der Waals surface area contributed by atoms with E-state index in [4.69, 9.17) is 31.3 Å². The molecule has 0 saturated carbocycles. The van der Waals surface area contributed by atoms with Gasteiger partial charge in [-0.05, 0) is 0 Å². The monoisotopic (exact) mass is 345 g/mol. The molecule has 0 unspecified atom stereocenters. The first kappa shape index (κ1) is 22.4. The number of carboxylic acid groups (broad SMARTS) is 2. The standard InChI is InChI=1S/C2H2O4.2CH4N.Pt/c3-1(4)2(5)6;2*1-2;/h(H,3,4)(H,5,6);2*2H,1H3;/q;2*-1;+2. The van der Waals surface area contributed by atoms with Crippen molar-refractivity contribution in [1.29, 1.82) is 0 Å². The minimum atomic E-state index is -1.82. The average molecular weight is 345 g/mol. The molecule has 0 fully saturated rings. The van der Waals surface area contributed by atoms with Gasteiger partial charge in [-0.1, -0.05) is 0 Å². The maximum absolute atomic E-state index is 9.10. The van der Waals surface area contributed by atoms with Crippen LogP contribution in [0.3, 0.4) is 0 Å². The Hall–Kier alpha value is -0.452. The van der Waals surface area contributed by atoms with Crippen LogP contribution in [0.25, 0.3) is 11.5 Å². The Kier molecular flexibility index (Phi) is 46.2. The van der Waals surface area contributed by atoms with E-state index in [9.17, 15) is 0 Å². The van der Waals surface area contributed by atoms with Crippen molar-refractivity contribution in [2.75, 3.05) is 14.1 Å². The molecule has 0 atom stereocenters. The number of carbonyl (C=O) groups is 2. The Labute approximate surface area is 78.8 Å². The molecule has 0 aliphatic heterocycles. The molecule has 11 heavy (non-hydrogen) atoms. The van der Waals surface area contributed by atoms with Crippen LogP contribution in [0.1, 0.15) is 0 Å². The fraction of sp³-hybridized carbons (Fsp3) is 0.500. The molecule has 0 rings (SSSR count). The summed E-state index contributed by atoms with van der Waals surface area (Å²) in [7, 11) is 2.50. The van der Waals surface area contributed by atoms with Crippen molar-refractivity contribution in [2.45, 2.75) is 0 Å². The number of nitrogens with one attached hydrogen (secondary N) is 2. The Morgan fingerprint density at radius 3 is 1.00 bits per heavy atom. The maximum atomic E-state index is 9.10. The summed E-state index contributed by atoms with van der Waals surface area (Å²) in [6.45, 7) is 0. The summed E-state index contributed by atoms with van der Waals surface area (Å²) in [6, 6.07) is 0. The van der Waals surface area contributed by atoms with E-state index in [-0.39, 0.29) is 21.1 Å². The summed E-state index contributed by atoms with van der Waals surface area (Å²) in [6.07, 6.45) is 0. The van der Waals surface area contributed by atoms with E-state index < -0.39 is 11.9 Å². The van der Waals surface area contributed by atoms with Crippen LogP contribution < -0.4 is 0 Å². The van der Waals surface area contributed by atoms with E-state index >= 15 is 0 Å². The van der Waals surface area contributed by atoms with Crippen LogP contribution in [0.15, 0.2) is 0 Å². The van der Waals surface area contributed by atoms with E-state index in [1.807, 2.05) is 0 Å². The Balaban J connectivity index is -0.0000000428. The second kappa shape index (κ2) is 22.7. The van der Waals surface area contributed by atoms with Gasteiger partial charge in [-0.2, -0.15) is 14.1 Å². The van der Waals surface area contributed by atoms with Gasteiger partial charge in [0.1, 0.15) is 0 Å². The van der Waals surface area contributed by atoms with E-state index in [2.05, 4.69) is 0 Å². The van der Waals surface area contributed by atoms with Gasteiger partial charge in [0.05, 0.1) is 0 Å². The van der Waals surface area contributed by atoms with Crippen LogP contribution in [0.4, 0.5) is 0 Å². The fourth-order valence-electron chi connectivity index (χ4n) is 0. The van der Waals surface area contributed by atoms with Crippen LogP contribution in [-0.4, -0.2) is 36.2 Å². The first-order chi connectivity index (χ1) is 4.64. The molecule has 0 spiro atoms. The third kappa shape index (κ3) is 43.2. The van der Waals surface area contributed by atoms with Gasteiger partial charge < -0.3 is 21.7 Å². The van der Waals surface area contributed by atoms with E-state index in [1.165, 1.54) is 14.1 Å². The maximum Gasteiger partial charge on any atom is 2.00 e.